The third-order valence-corrected chi connectivity index (χ3v) is 12.1. The highest BCUT2D eigenvalue weighted by atomic mass is 16.3. The van der Waals surface area contributed by atoms with E-state index in [4.69, 9.17) is 14.4 Å². The van der Waals surface area contributed by atoms with Crippen molar-refractivity contribution in [1.82, 2.24) is 19.5 Å². The first kappa shape index (κ1) is 35.2. The van der Waals surface area contributed by atoms with Crippen LogP contribution in [-0.2, 0) is 10.8 Å². The van der Waals surface area contributed by atoms with E-state index in [1.165, 1.54) is 32.7 Å². The summed E-state index contributed by atoms with van der Waals surface area (Å²) < 4.78 is 8.82. The molecule has 0 saturated carbocycles. The smallest absolute Gasteiger partial charge is 0.161 e. The lowest BCUT2D eigenvalue weighted by Crippen LogP contribution is -2.11. The fourth-order valence-electron chi connectivity index (χ4n) is 8.93. The minimum absolute atomic E-state index is 0.0208. The van der Waals surface area contributed by atoms with Gasteiger partial charge in [-0.15, -0.1) is 0 Å². The molecule has 1 N–H and O–H groups in total. The Hall–Kier alpha value is -6.98. The lowest BCUT2D eigenvalue weighted by atomic mass is 9.84. The summed E-state index contributed by atoms with van der Waals surface area (Å²) in [6.07, 6.45) is 1.88. The molecule has 11 aromatic rings. The van der Waals surface area contributed by atoms with Gasteiger partial charge in [-0.2, -0.15) is 0 Å². The van der Waals surface area contributed by atoms with Gasteiger partial charge in [0.15, 0.2) is 5.58 Å². The molecular formula is C54H44N4O. The molecule has 0 aliphatic carbocycles. The highest BCUT2D eigenvalue weighted by Gasteiger charge is 2.26. The van der Waals surface area contributed by atoms with Crippen LogP contribution in [-0.4, -0.2) is 19.5 Å². The van der Waals surface area contributed by atoms with E-state index in [1.807, 2.05) is 24.4 Å². The normalized spacial score (nSPS) is 12.6. The molecule has 4 aromatic heterocycles. The van der Waals surface area contributed by atoms with Gasteiger partial charge in [-0.1, -0.05) is 133 Å². The first-order valence-corrected chi connectivity index (χ1v) is 20.5. The number of hydrogen-bond acceptors (Lipinski definition) is 3. The highest BCUT2D eigenvalue weighted by molar-refractivity contribution is 6.13. The summed E-state index contributed by atoms with van der Waals surface area (Å²) in [6, 6.07) is 52.3. The molecule has 4 heterocycles. The van der Waals surface area contributed by atoms with Crippen molar-refractivity contribution in [3.63, 3.8) is 0 Å². The lowest BCUT2D eigenvalue weighted by Gasteiger charge is -2.21. The number of rotatable bonds is 4. The van der Waals surface area contributed by atoms with Gasteiger partial charge in [-0.05, 0) is 87.5 Å². The summed E-state index contributed by atoms with van der Waals surface area (Å²) in [4.78, 5) is 14.5. The molecule has 0 aliphatic heterocycles. The molecule has 0 atom stereocenters. The van der Waals surface area contributed by atoms with Gasteiger partial charge in [0.25, 0.3) is 0 Å². The Morgan fingerprint density at radius 3 is 2.14 bits per heavy atom. The van der Waals surface area contributed by atoms with Crippen LogP contribution >= 0.6 is 0 Å². The quantitative estimate of drug-likeness (QED) is 0.194. The molecule has 7 aromatic carbocycles. The SMILES string of the molecule is CC(C)(C)c1ccc2[nH]c3c(-c4nc5c(-c6cccc(-c7nccc8c7oc7ccccc78)c6)cccc5n4-c4cccc5ccccc45)cc(C(C)(C)C)cc3c2c1. The lowest BCUT2D eigenvalue weighted by molar-refractivity contribution is 0.590. The van der Waals surface area contributed by atoms with Crippen LogP contribution in [0.25, 0.3) is 105 Å². The van der Waals surface area contributed by atoms with Crippen molar-refractivity contribution in [2.75, 3.05) is 0 Å². The van der Waals surface area contributed by atoms with Gasteiger partial charge < -0.3 is 9.40 Å². The van der Waals surface area contributed by atoms with Crippen LogP contribution in [0.15, 0.2) is 156 Å². The van der Waals surface area contributed by atoms with Crippen molar-refractivity contribution in [3.8, 4) is 39.5 Å². The fourth-order valence-corrected chi connectivity index (χ4v) is 8.93. The molecule has 0 unspecified atom stereocenters. The van der Waals surface area contributed by atoms with Gasteiger partial charge in [0, 0.05) is 55.3 Å². The van der Waals surface area contributed by atoms with Crippen LogP contribution in [0.4, 0.5) is 0 Å². The summed E-state index contributed by atoms with van der Waals surface area (Å²) in [7, 11) is 0. The summed E-state index contributed by atoms with van der Waals surface area (Å²) in [5.41, 5.74) is 14.4. The predicted molar refractivity (Wildman–Crippen MR) is 247 cm³/mol. The van der Waals surface area contributed by atoms with Crippen molar-refractivity contribution in [3.05, 3.63) is 163 Å². The van der Waals surface area contributed by atoms with Crippen molar-refractivity contribution < 1.29 is 4.42 Å². The average Bonchev–Trinajstić information content (AvgIpc) is 3.94. The molecule has 0 saturated heterocycles. The first-order chi connectivity index (χ1) is 28.5. The van der Waals surface area contributed by atoms with Crippen LogP contribution in [0.5, 0.6) is 0 Å². The Morgan fingerprint density at radius 1 is 0.559 bits per heavy atom. The van der Waals surface area contributed by atoms with Crippen molar-refractivity contribution in [2.24, 2.45) is 0 Å². The van der Waals surface area contributed by atoms with Gasteiger partial charge in [0.1, 0.15) is 17.1 Å². The maximum atomic E-state index is 6.44. The number of H-pyrrole nitrogens is 1. The zero-order valence-electron chi connectivity index (χ0n) is 34.2. The van der Waals surface area contributed by atoms with Crippen LogP contribution in [0.1, 0.15) is 52.7 Å². The van der Waals surface area contributed by atoms with Crippen LogP contribution in [0.3, 0.4) is 0 Å². The van der Waals surface area contributed by atoms with Crippen molar-refractivity contribution in [1.29, 1.82) is 0 Å². The Labute approximate surface area is 343 Å². The van der Waals surface area contributed by atoms with Gasteiger partial charge in [-0.3, -0.25) is 9.55 Å². The Bertz CT molecular complexity index is 3470. The second kappa shape index (κ2) is 12.8. The van der Waals surface area contributed by atoms with E-state index in [0.29, 0.717) is 0 Å². The minimum atomic E-state index is -0.104. The zero-order valence-corrected chi connectivity index (χ0v) is 34.2. The fraction of sp³-hybridized carbons (Fsp3) is 0.148. The third-order valence-electron chi connectivity index (χ3n) is 12.1. The van der Waals surface area contributed by atoms with Crippen LogP contribution in [0, 0.1) is 0 Å². The molecule has 0 spiro atoms. The van der Waals surface area contributed by atoms with Crippen LogP contribution in [0.2, 0.25) is 0 Å². The zero-order chi connectivity index (χ0) is 40.2. The monoisotopic (exact) mass is 764 g/mol. The summed E-state index contributed by atoms with van der Waals surface area (Å²) in [5, 5.41) is 6.95. The molecule has 0 bridgehead atoms. The summed E-state index contributed by atoms with van der Waals surface area (Å²) >= 11 is 0. The van der Waals surface area contributed by atoms with E-state index >= 15 is 0 Å². The maximum Gasteiger partial charge on any atom is 0.161 e. The molecule has 59 heavy (non-hydrogen) atoms. The number of aromatic nitrogens is 4. The predicted octanol–water partition coefficient (Wildman–Crippen LogP) is 14.7. The van der Waals surface area contributed by atoms with E-state index in [-0.39, 0.29) is 10.8 Å². The Morgan fingerprint density at radius 2 is 1.29 bits per heavy atom. The molecule has 0 aliphatic rings. The minimum Gasteiger partial charge on any atom is -0.454 e. The number of hydrogen-bond donors (Lipinski definition) is 1. The van der Waals surface area contributed by atoms with Gasteiger partial charge in [0.2, 0.25) is 0 Å². The molecule has 11 rings (SSSR count). The topological polar surface area (TPSA) is 59.6 Å². The summed E-state index contributed by atoms with van der Waals surface area (Å²) in [5.74, 6) is 0.896. The molecule has 0 radical (unpaired) electrons. The summed E-state index contributed by atoms with van der Waals surface area (Å²) in [6.45, 7) is 13.7. The number of para-hydroxylation sites is 2. The number of fused-ring (bicyclic) bond motifs is 8. The van der Waals surface area contributed by atoms with E-state index < -0.39 is 0 Å². The van der Waals surface area contributed by atoms with E-state index in [1.54, 1.807) is 0 Å². The number of benzene rings is 7. The second-order valence-corrected chi connectivity index (χ2v) is 18.0. The van der Waals surface area contributed by atoms with Crippen molar-refractivity contribution >= 4 is 65.6 Å². The Balaban J connectivity index is 1.20. The number of nitrogens with zero attached hydrogens (tertiary/aromatic N) is 3. The molecule has 5 nitrogen and oxygen atoms in total. The van der Waals surface area contributed by atoms with E-state index in [9.17, 15) is 0 Å². The molecule has 0 amide bonds. The molecule has 286 valence electrons. The van der Waals surface area contributed by atoms with Crippen LogP contribution < -0.4 is 0 Å². The van der Waals surface area contributed by atoms with E-state index in [0.717, 1.165) is 83.5 Å². The third kappa shape index (κ3) is 5.60. The number of furan rings is 1. The molecule has 5 heteroatoms. The molecule has 0 fully saturated rings. The standard InChI is InChI=1S/C54H44N4O/c1-53(2,3)35-24-25-44-41(29-35)42-30-36(54(4,5)6)31-43(49(42)56-44)52-57-50-38(20-13-22-46(50)58(52)45-21-12-15-32-14-7-8-18-37(32)45)33-16-11-17-34(28-33)48-51-40(26-27-55-48)39-19-9-10-23-47(39)59-51/h7-31,56H,1-6H3. The number of aromatic amines is 1. The van der Waals surface area contributed by atoms with E-state index in [2.05, 4.69) is 178 Å². The number of imidazole rings is 1. The van der Waals surface area contributed by atoms with Gasteiger partial charge >= 0.3 is 0 Å². The molecular weight excluding hydrogens is 721 g/mol. The Kier molecular flexibility index (Phi) is 7.61. The van der Waals surface area contributed by atoms with Crippen molar-refractivity contribution in [2.45, 2.75) is 52.4 Å². The van der Waals surface area contributed by atoms with Gasteiger partial charge in [0.05, 0.1) is 22.2 Å². The average molecular weight is 765 g/mol. The number of nitrogens with one attached hydrogen (secondary N) is 1. The largest absolute Gasteiger partial charge is 0.454 e. The highest BCUT2D eigenvalue weighted by Crippen LogP contribution is 2.43. The second-order valence-electron chi connectivity index (χ2n) is 18.0. The first-order valence-electron chi connectivity index (χ1n) is 20.5. The number of pyridine rings is 1. The van der Waals surface area contributed by atoms with Gasteiger partial charge in [-0.25, -0.2) is 4.98 Å². The maximum absolute atomic E-state index is 6.44.